The van der Waals surface area contributed by atoms with E-state index in [-0.39, 0.29) is 6.10 Å². The summed E-state index contributed by atoms with van der Waals surface area (Å²) in [5, 5.41) is 13.4. The van der Waals surface area contributed by atoms with Gasteiger partial charge >= 0.3 is 0 Å². The van der Waals surface area contributed by atoms with Crippen LogP contribution in [0.4, 0.5) is 0 Å². The fourth-order valence-corrected chi connectivity index (χ4v) is 3.89. The Balaban J connectivity index is 1.78. The quantitative estimate of drug-likeness (QED) is 0.327. The maximum Gasteiger partial charge on any atom is 0.222 e. The molecule has 27 heavy (non-hydrogen) atoms. The summed E-state index contributed by atoms with van der Waals surface area (Å²) in [6.45, 7) is 5.99. The second-order valence-electron chi connectivity index (χ2n) is 8.37. The summed E-state index contributed by atoms with van der Waals surface area (Å²) in [5.74, 6) is 0.366. The number of rotatable bonds is 18. The molecule has 1 unspecified atom stereocenters. The lowest BCUT2D eigenvalue weighted by Crippen LogP contribution is -2.35. The molecule has 1 aliphatic heterocycles. The lowest BCUT2D eigenvalue weighted by molar-refractivity contribution is -0.133. The van der Waals surface area contributed by atoms with Crippen molar-refractivity contribution in [3.63, 3.8) is 0 Å². The summed E-state index contributed by atoms with van der Waals surface area (Å²) in [6.07, 6.45) is 19.0. The van der Waals surface area contributed by atoms with Crippen LogP contribution in [-0.4, -0.2) is 48.2 Å². The third-order valence-electron chi connectivity index (χ3n) is 5.72. The minimum Gasteiger partial charge on any atom is -0.392 e. The van der Waals surface area contributed by atoms with Gasteiger partial charge in [-0.05, 0) is 38.6 Å². The van der Waals surface area contributed by atoms with Crippen molar-refractivity contribution >= 4 is 5.91 Å². The summed E-state index contributed by atoms with van der Waals surface area (Å²) in [6, 6.07) is 0. The fourth-order valence-electron chi connectivity index (χ4n) is 3.89. The predicted octanol–water partition coefficient (Wildman–Crippen LogP) is 5.04. The molecule has 1 atom stereocenters. The normalized spacial score (nSPS) is 16.1. The molecule has 0 aromatic rings. The van der Waals surface area contributed by atoms with Gasteiger partial charge in [0.15, 0.2) is 0 Å². The standard InChI is InChI=1S/C23H46N2O2/c1-2-3-4-9-13-18-24-21-22(26)16-11-8-6-5-7-10-14-19-25-20-15-12-17-23(25)27/h22,24,26H,2-21H2,1H3. The first-order valence-corrected chi connectivity index (χ1v) is 11.9. The molecule has 0 bridgehead atoms. The summed E-state index contributed by atoms with van der Waals surface area (Å²) < 4.78 is 0. The Morgan fingerprint density at radius 1 is 0.926 bits per heavy atom. The van der Waals surface area contributed by atoms with Crippen LogP contribution in [0.1, 0.15) is 110 Å². The number of nitrogens with zero attached hydrogens (tertiary/aromatic N) is 1. The molecule has 0 radical (unpaired) electrons. The van der Waals surface area contributed by atoms with Crippen molar-refractivity contribution in [1.82, 2.24) is 10.2 Å². The SMILES string of the molecule is CCCCCCCNCC(O)CCCCCCCCCN1CCCCC1=O. The highest BCUT2D eigenvalue weighted by atomic mass is 16.3. The Labute approximate surface area is 168 Å². The van der Waals surface area contributed by atoms with Gasteiger partial charge in [0.2, 0.25) is 5.91 Å². The molecule has 0 aliphatic carbocycles. The zero-order chi connectivity index (χ0) is 19.6. The van der Waals surface area contributed by atoms with Crippen molar-refractivity contribution < 1.29 is 9.90 Å². The van der Waals surface area contributed by atoms with E-state index in [0.717, 1.165) is 58.3 Å². The van der Waals surface area contributed by atoms with Crippen LogP contribution in [0.2, 0.25) is 0 Å². The number of hydrogen-bond donors (Lipinski definition) is 2. The number of aliphatic hydroxyl groups is 1. The molecular formula is C23H46N2O2. The molecule has 1 saturated heterocycles. The van der Waals surface area contributed by atoms with Crippen molar-refractivity contribution in [3.8, 4) is 0 Å². The minimum atomic E-state index is -0.178. The highest BCUT2D eigenvalue weighted by molar-refractivity contribution is 5.76. The van der Waals surface area contributed by atoms with Gasteiger partial charge in [0, 0.05) is 26.1 Å². The number of likely N-dealkylation sites (tertiary alicyclic amines) is 1. The van der Waals surface area contributed by atoms with E-state index in [1.807, 2.05) is 0 Å². The highest BCUT2D eigenvalue weighted by Crippen LogP contribution is 2.13. The van der Waals surface area contributed by atoms with E-state index in [0.29, 0.717) is 5.91 Å². The van der Waals surface area contributed by atoms with Gasteiger partial charge in [-0.2, -0.15) is 0 Å². The molecule has 1 rings (SSSR count). The van der Waals surface area contributed by atoms with Crippen molar-refractivity contribution in [3.05, 3.63) is 0 Å². The molecule has 0 aromatic carbocycles. The van der Waals surface area contributed by atoms with Crippen LogP contribution in [-0.2, 0) is 4.79 Å². The van der Waals surface area contributed by atoms with Crippen molar-refractivity contribution in [2.24, 2.45) is 0 Å². The molecule has 1 fully saturated rings. The lowest BCUT2D eigenvalue weighted by atomic mass is 10.1. The molecule has 1 heterocycles. The molecule has 2 N–H and O–H groups in total. The van der Waals surface area contributed by atoms with Gasteiger partial charge in [0.1, 0.15) is 0 Å². The van der Waals surface area contributed by atoms with Crippen LogP contribution in [0.3, 0.4) is 0 Å². The zero-order valence-electron chi connectivity index (χ0n) is 18.0. The molecule has 0 spiro atoms. The number of hydrogen-bond acceptors (Lipinski definition) is 3. The van der Waals surface area contributed by atoms with E-state index in [1.165, 1.54) is 70.6 Å². The first kappa shape index (κ1) is 24.4. The number of unbranched alkanes of at least 4 members (excludes halogenated alkanes) is 10. The van der Waals surface area contributed by atoms with Crippen LogP contribution in [0.5, 0.6) is 0 Å². The average molecular weight is 383 g/mol. The van der Waals surface area contributed by atoms with Crippen LogP contribution in [0.15, 0.2) is 0 Å². The molecule has 4 heteroatoms. The molecular weight excluding hydrogens is 336 g/mol. The van der Waals surface area contributed by atoms with Gasteiger partial charge in [0.05, 0.1) is 6.10 Å². The number of nitrogens with one attached hydrogen (secondary N) is 1. The lowest BCUT2D eigenvalue weighted by Gasteiger charge is -2.26. The number of aliphatic hydroxyl groups excluding tert-OH is 1. The maximum atomic E-state index is 11.7. The number of carbonyl (C=O) groups is 1. The number of piperidine rings is 1. The summed E-state index contributed by atoms with van der Waals surface area (Å²) in [5.41, 5.74) is 0. The predicted molar refractivity (Wildman–Crippen MR) is 115 cm³/mol. The summed E-state index contributed by atoms with van der Waals surface area (Å²) in [4.78, 5) is 13.8. The summed E-state index contributed by atoms with van der Waals surface area (Å²) >= 11 is 0. The largest absolute Gasteiger partial charge is 0.392 e. The van der Waals surface area contributed by atoms with Crippen molar-refractivity contribution in [2.45, 2.75) is 116 Å². The van der Waals surface area contributed by atoms with E-state index >= 15 is 0 Å². The van der Waals surface area contributed by atoms with Gasteiger partial charge in [-0.1, -0.05) is 71.1 Å². The summed E-state index contributed by atoms with van der Waals surface area (Å²) in [7, 11) is 0. The topological polar surface area (TPSA) is 52.6 Å². The Morgan fingerprint density at radius 2 is 1.59 bits per heavy atom. The Hall–Kier alpha value is -0.610. The molecule has 0 aromatic heterocycles. The van der Waals surface area contributed by atoms with E-state index in [1.54, 1.807) is 0 Å². The molecule has 4 nitrogen and oxygen atoms in total. The third-order valence-corrected chi connectivity index (χ3v) is 5.72. The first-order valence-electron chi connectivity index (χ1n) is 11.9. The Kier molecular flexibility index (Phi) is 15.8. The van der Waals surface area contributed by atoms with Crippen molar-refractivity contribution in [1.29, 1.82) is 0 Å². The van der Waals surface area contributed by atoms with Gasteiger partial charge < -0.3 is 15.3 Å². The zero-order valence-corrected chi connectivity index (χ0v) is 18.0. The van der Waals surface area contributed by atoms with E-state index in [4.69, 9.17) is 0 Å². The average Bonchev–Trinajstić information content (AvgIpc) is 2.67. The molecule has 1 aliphatic rings. The minimum absolute atomic E-state index is 0.178. The monoisotopic (exact) mass is 382 g/mol. The van der Waals surface area contributed by atoms with Crippen LogP contribution in [0, 0.1) is 0 Å². The Bertz CT molecular complexity index is 349. The van der Waals surface area contributed by atoms with Crippen LogP contribution < -0.4 is 5.32 Å². The van der Waals surface area contributed by atoms with Gasteiger partial charge in [-0.3, -0.25) is 4.79 Å². The van der Waals surface area contributed by atoms with E-state index < -0.39 is 0 Å². The molecule has 160 valence electrons. The molecule has 1 amide bonds. The highest BCUT2D eigenvalue weighted by Gasteiger charge is 2.16. The second-order valence-corrected chi connectivity index (χ2v) is 8.37. The van der Waals surface area contributed by atoms with Crippen molar-refractivity contribution in [2.75, 3.05) is 26.2 Å². The van der Waals surface area contributed by atoms with Gasteiger partial charge in [-0.25, -0.2) is 0 Å². The number of amides is 1. The maximum absolute atomic E-state index is 11.7. The van der Waals surface area contributed by atoms with Gasteiger partial charge in [-0.15, -0.1) is 0 Å². The Morgan fingerprint density at radius 3 is 2.33 bits per heavy atom. The van der Waals surface area contributed by atoms with Crippen LogP contribution in [0.25, 0.3) is 0 Å². The smallest absolute Gasteiger partial charge is 0.222 e. The third kappa shape index (κ3) is 14.1. The van der Waals surface area contributed by atoms with E-state index in [2.05, 4.69) is 17.1 Å². The van der Waals surface area contributed by atoms with E-state index in [9.17, 15) is 9.90 Å². The fraction of sp³-hybridized carbons (Fsp3) is 0.957. The first-order chi connectivity index (χ1) is 13.2. The number of carbonyl (C=O) groups excluding carboxylic acids is 1. The molecule has 0 saturated carbocycles. The van der Waals surface area contributed by atoms with Gasteiger partial charge in [0.25, 0.3) is 0 Å². The second kappa shape index (κ2) is 17.5. The van der Waals surface area contributed by atoms with Crippen LogP contribution >= 0.6 is 0 Å².